The Hall–Kier alpha value is -1.71. The molecule has 0 radical (unpaired) electrons. The first kappa shape index (κ1) is 15.2. The first-order chi connectivity index (χ1) is 10.3. The molecule has 0 saturated heterocycles. The molecule has 0 aromatic heterocycles. The summed E-state index contributed by atoms with van der Waals surface area (Å²) in [6.45, 7) is 9.56. The molecular weight excluding hydrogens is 278 g/mol. The van der Waals surface area contributed by atoms with Crippen LogP contribution in [-0.2, 0) is 11.3 Å². The first-order valence-corrected chi connectivity index (χ1v) is 8.07. The number of nitrogens with zero attached hydrogens (tertiary/aromatic N) is 1. The van der Waals surface area contributed by atoms with E-state index in [4.69, 9.17) is 9.47 Å². The van der Waals surface area contributed by atoms with E-state index in [1.165, 1.54) is 12.0 Å². The zero-order valence-electron chi connectivity index (χ0n) is 13.9. The van der Waals surface area contributed by atoms with Gasteiger partial charge in [-0.2, -0.15) is 0 Å². The number of benzene rings is 1. The summed E-state index contributed by atoms with van der Waals surface area (Å²) < 4.78 is 11.3. The van der Waals surface area contributed by atoms with Crippen molar-refractivity contribution in [2.24, 2.45) is 5.92 Å². The highest BCUT2D eigenvalue weighted by Gasteiger charge is 2.34. The molecule has 4 heteroatoms. The summed E-state index contributed by atoms with van der Waals surface area (Å²) >= 11 is 0. The zero-order chi connectivity index (χ0) is 15.9. The van der Waals surface area contributed by atoms with Gasteiger partial charge < -0.3 is 14.4 Å². The van der Waals surface area contributed by atoms with E-state index in [0.29, 0.717) is 25.6 Å². The number of hydrogen-bond donors (Lipinski definition) is 0. The van der Waals surface area contributed by atoms with Crippen molar-refractivity contribution in [3.63, 3.8) is 0 Å². The van der Waals surface area contributed by atoms with Gasteiger partial charge in [0.25, 0.3) is 0 Å². The average molecular weight is 303 g/mol. The monoisotopic (exact) mass is 303 g/mol. The molecule has 0 N–H and O–H groups in total. The lowest BCUT2D eigenvalue weighted by molar-refractivity contribution is 0.0225. The number of rotatable bonds is 1. The molecule has 2 atom stereocenters. The Bertz CT molecular complexity index is 576. The number of fused-ring (bicyclic) bond motifs is 1. The van der Waals surface area contributed by atoms with E-state index in [1.807, 2.05) is 26.8 Å². The third-order valence-electron chi connectivity index (χ3n) is 4.25. The Kier molecular flexibility index (Phi) is 3.79. The standard InChI is InChI=1S/C18H25NO3/c1-12-9-15(12)13-5-6-16-14(10-13)11-19(7-8-21-16)17(20)22-18(2,3)4/h5-6,10,12,15H,7-9,11H2,1-4H3. The molecule has 4 nitrogen and oxygen atoms in total. The van der Waals surface area contributed by atoms with Gasteiger partial charge >= 0.3 is 6.09 Å². The lowest BCUT2D eigenvalue weighted by Gasteiger charge is -2.26. The molecule has 1 heterocycles. The van der Waals surface area contributed by atoms with Crippen LogP contribution in [0.25, 0.3) is 0 Å². The van der Waals surface area contributed by atoms with Crippen LogP contribution in [0.1, 0.15) is 51.2 Å². The minimum atomic E-state index is -0.474. The minimum Gasteiger partial charge on any atom is -0.491 e. The van der Waals surface area contributed by atoms with Crippen molar-refractivity contribution in [1.82, 2.24) is 4.90 Å². The minimum absolute atomic E-state index is 0.269. The number of carbonyl (C=O) groups is 1. The molecular formula is C18H25NO3. The summed E-state index contributed by atoms with van der Waals surface area (Å²) in [7, 11) is 0. The molecule has 22 heavy (non-hydrogen) atoms. The number of carbonyl (C=O) groups excluding carboxylic acids is 1. The fraction of sp³-hybridized carbons (Fsp3) is 0.611. The van der Waals surface area contributed by atoms with E-state index in [2.05, 4.69) is 19.1 Å². The van der Waals surface area contributed by atoms with E-state index in [9.17, 15) is 4.79 Å². The molecule has 1 amide bonds. The van der Waals surface area contributed by atoms with Crippen LogP contribution >= 0.6 is 0 Å². The van der Waals surface area contributed by atoms with Crippen molar-refractivity contribution in [2.45, 2.75) is 52.2 Å². The van der Waals surface area contributed by atoms with Crippen LogP contribution in [0.3, 0.4) is 0 Å². The summed E-state index contributed by atoms with van der Waals surface area (Å²) in [5.41, 5.74) is 1.97. The molecule has 3 rings (SSSR count). The topological polar surface area (TPSA) is 38.8 Å². The summed E-state index contributed by atoms with van der Waals surface area (Å²) in [6, 6.07) is 6.41. The molecule has 0 bridgehead atoms. The lowest BCUT2D eigenvalue weighted by atomic mass is 10.0. The van der Waals surface area contributed by atoms with E-state index in [0.717, 1.165) is 17.2 Å². The highest BCUT2D eigenvalue weighted by Crippen LogP contribution is 2.47. The third-order valence-corrected chi connectivity index (χ3v) is 4.25. The second-order valence-electron chi connectivity index (χ2n) is 7.44. The van der Waals surface area contributed by atoms with Gasteiger partial charge in [0.1, 0.15) is 18.0 Å². The first-order valence-electron chi connectivity index (χ1n) is 8.07. The molecule has 1 saturated carbocycles. The maximum Gasteiger partial charge on any atom is 0.410 e. The normalized spacial score (nSPS) is 24.1. The predicted molar refractivity (Wildman–Crippen MR) is 85.1 cm³/mol. The predicted octanol–water partition coefficient (Wildman–Crippen LogP) is 3.94. The lowest BCUT2D eigenvalue weighted by Crippen LogP contribution is -2.37. The van der Waals surface area contributed by atoms with Crippen LogP contribution in [-0.4, -0.2) is 29.7 Å². The Morgan fingerprint density at radius 3 is 2.73 bits per heavy atom. The van der Waals surface area contributed by atoms with E-state index < -0.39 is 5.60 Å². The molecule has 0 spiro atoms. The average Bonchev–Trinajstić information content (AvgIpc) is 3.16. The molecule has 1 aromatic carbocycles. The molecule has 120 valence electrons. The van der Waals surface area contributed by atoms with Crippen LogP contribution in [0.5, 0.6) is 5.75 Å². The molecule has 1 aromatic rings. The van der Waals surface area contributed by atoms with Gasteiger partial charge in [-0.25, -0.2) is 4.79 Å². The van der Waals surface area contributed by atoms with Crippen molar-refractivity contribution in [1.29, 1.82) is 0 Å². The van der Waals surface area contributed by atoms with Crippen LogP contribution in [0.4, 0.5) is 4.79 Å². The van der Waals surface area contributed by atoms with Gasteiger partial charge in [-0.15, -0.1) is 0 Å². The number of ether oxygens (including phenoxy) is 2. The Balaban J connectivity index is 1.77. The van der Waals surface area contributed by atoms with E-state index in [1.54, 1.807) is 4.90 Å². The maximum atomic E-state index is 12.3. The molecule has 2 aliphatic rings. The summed E-state index contributed by atoms with van der Waals surface area (Å²) in [6.07, 6.45) is 0.990. The van der Waals surface area contributed by atoms with Gasteiger partial charge in [0.15, 0.2) is 0 Å². The second-order valence-corrected chi connectivity index (χ2v) is 7.44. The third kappa shape index (κ3) is 3.37. The van der Waals surface area contributed by atoms with E-state index >= 15 is 0 Å². The Morgan fingerprint density at radius 1 is 1.36 bits per heavy atom. The molecule has 1 fully saturated rings. The SMILES string of the molecule is CC1CC1c1ccc2c(c1)CN(C(=O)OC(C)(C)C)CCO2. The number of hydrogen-bond acceptors (Lipinski definition) is 3. The van der Waals surface area contributed by atoms with Gasteiger partial charge in [-0.1, -0.05) is 19.1 Å². The maximum absolute atomic E-state index is 12.3. The largest absolute Gasteiger partial charge is 0.491 e. The Labute approximate surface area is 132 Å². The second kappa shape index (κ2) is 5.49. The quantitative estimate of drug-likeness (QED) is 0.789. The van der Waals surface area contributed by atoms with Gasteiger partial charge in [0, 0.05) is 5.56 Å². The van der Waals surface area contributed by atoms with Gasteiger partial charge in [-0.3, -0.25) is 0 Å². The van der Waals surface area contributed by atoms with Gasteiger partial charge in [0.2, 0.25) is 0 Å². The van der Waals surface area contributed by atoms with Crippen LogP contribution in [0, 0.1) is 5.92 Å². The molecule has 2 unspecified atom stereocenters. The van der Waals surface area contributed by atoms with Gasteiger partial charge in [0.05, 0.1) is 13.1 Å². The Morgan fingerprint density at radius 2 is 2.09 bits per heavy atom. The molecule has 1 aliphatic carbocycles. The van der Waals surface area contributed by atoms with E-state index in [-0.39, 0.29) is 6.09 Å². The van der Waals surface area contributed by atoms with Crippen molar-refractivity contribution in [2.75, 3.05) is 13.2 Å². The smallest absolute Gasteiger partial charge is 0.410 e. The summed E-state index contributed by atoms with van der Waals surface area (Å²) in [4.78, 5) is 14.0. The van der Waals surface area contributed by atoms with Crippen LogP contribution in [0.2, 0.25) is 0 Å². The van der Waals surface area contributed by atoms with Crippen molar-refractivity contribution in [3.05, 3.63) is 29.3 Å². The van der Waals surface area contributed by atoms with Crippen LogP contribution in [0.15, 0.2) is 18.2 Å². The zero-order valence-corrected chi connectivity index (χ0v) is 13.9. The highest BCUT2D eigenvalue weighted by molar-refractivity contribution is 5.68. The fourth-order valence-corrected chi connectivity index (χ4v) is 2.91. The summed E-state index contributed by atoms with van der Waals surface area (Å²) in [5.74, 6) is 2.33. The summed E-state index contributed by atoms with van der Waals surface area (Å²) in [5, 5.41) is 0. The fourth-order valence-electron chi connectivity index (χ4n) is 2.91. The number of amides is 1. The van der Waals surface area contributed by atoms with Crippen molar-refractivity contribution in [3.8, 4) is 5.75 Å². The molecule has 1 aliphatic heterocycles. The van der Waals surface area contributed by atoms with Crippen LogP contribution < -0.4 is 4.74 Å². The van der Waals surface area contributed by atoms with Gasteiger partial charge in [-0.05, 0) is 50.7 Å². The van der Waals surface area contributed by atoms with Crippen molar-refractivity contribution >= 4 is 6.09 Å². The highest BCUT2D eigenvalue weighted by atomic mass is 16.6. The van der Waals surface area contributed by atoms with Crippen molar-refractivity contribution < 1.29 is 14.3 Å².